The highest BCUT2D eigenvalue weighted by molar-refractivity contribution is 5.87. The number of furan rings is 1. The third kappa shape index (κ3) is 2.65. The van der Waals surface area contributed by atoms with Crippen LogP contribution in [0.5, 0.6) is 11.5 Å². The zero-order chi connectivity index (χ0) is 18.1. The minimum Gasteiger partial charge on any atom is -0.457 e. The van der Waals surface area contributed by atoms with E-state index in [1.807, 2.05) is 12.1 Å². The van der Waals surface area contributed by atoms with E-state index in [1.54, 1.807) is 42.5 Å². The molecular formula is C19H14N2O5. The molecule has 26 heavy (non-hydrogen) atoms. The fraction of sp³-hybridized carbons (Fsp3) is 0.0526. The van der Waals surface area contributed by atoms with Crippen LogP contribution in [0, 0.1) is 0 Å². The summed E-state index contributed by atoms with van der Waals surface area (Å²) >= 11 is 0. The van der Waals surface area contributed by atoms with E-state index >= 15 is 0 Å². The molecule has 0 atom stereocenters. The average Bonchev–Trinajstić information content (AvgIpc) is 3.19. The second-order valence-electron chi connectivity index (χ2n) is 5.60. The number of para-hydroxylation sites is 2. The summed E-state index contributed by atoms with van der Waals surface area (Å²) in [6, 6.07) is 15.7. The van der Waals surface area contributed by atoms with E-state index < -0.39 is 18.0 Å². The number of carbonyl (C=O) groups is 2. The minimum absolute atomic E-state index is 0.0371. The molecule has 2 N–H and O–H groups in total. The highest BCUT2D eigenvalue weighted by atomic mass is 16.7. The molecule has 3 aromatic rings. The highest BCUT2D eigenvalue weighted by Crippen LogP contribution is 2.45. The minimum atomic E-state index is -0.915. The van der Waals surface area contributed by atoms with Gasteiger partial charge < -0.3 is 19.7 Å². The number of hydrogen-bond acceptors (Lipinski definition) is 5. The number of fused-ring (bicyclic) bond motifs is 2. The summed E-state index contributed by atoms with van der Waals surface area (Å²) in [6.07, 6.45) is 1.34. The molecule has 1 aliphatic rings. The number of nitrogens with two attached hydrogens (primary N) is 1. The summed E-state index contributed by atoms with van der Waals surface area (Å²) in [4.78, 5) is 29.7. The quantitative estimate of drug-likeness (QED) is 0.712. The molecule has 2 heterocycles. The second kappa shape index (κ2) is 6.29. The number of hydroxylamine groups is 2. The SMILES string of the molecule is NC(=O)N(OC(=O)c1ccco1)C1c2ccccc2Oc2ccccc21. The van der Waals surface area contributed by atoms with E-state index in [2.05, 4.69) is 0 Å². The van der Waals surface area contributed by atoms with E-state index in [4.69, 9.17) is 19.7 Å². The van der Waals surface area contributed by atoms with E-state index in [9.17, 15) is 9.59 Å². The number of rotatable bonds is 2. The van der Waals surface area contributed by atoms with Gasteiger partial charge >= 0.3 is 12.0 Å². The number of carbonyl (C=O) groups excluding carboxylic acids is 2. The van der Waals surface area contributed by atoms with Crippen LogP contribution in [0.1, 0.15) is 27.7 Å². The third-order valence-corrected chi connectivity index (χ3v) is 4.00. The molecule has 0 radical (unpaired) electrons. The predicted octanol–water partition coefficient (Wildman–Crippen LogP) is 3.63. The van der Waals surface area contributed by atoms with Crippen LogP contribution < -0.4 is 10.5 Å². The molecule has 0 saturated heterocycles. The first-order valence-electron chi connectivity index (χ1n) is 7.85. The lowest BCUT2D eigenvalue weighted by molar-refractivity contribution is -0.0920. The van der Waals surface area contributed by atoms with Crippen molar-refractivity contribution in [3.63, 3.8) is 0 Å². The Morgan fingerprint density at radius 2 is 1.54 bits per heavy atom. The largest absolute Gasteiger partial charge is 0.457 e. The van der Waals surface area contributed by atoms with Gasteiger partial charge in [0.15, 0.2) is 0 Å². The summed E-state index contributed by atoms with van der Waals surface area (Å²) in [5.41, 5.74) is 6.82. The maximum absolute atomic E-state index is 12.3. The van der Waals surface area contributed by atoms with Crippen LogP contribution in [-0.2, 0) is 4.84 Å². The third-order valence-electron chi connectivity index (χ3n) is 4.00. The van der Waals surface area contributed by atoms with Crippen molar-refractivity contribution in [2.45, 2.75) is 6.04 Å². The van der Waals surface area contributed by atoms with Gasteiger partial charge in [0.25, 0.3) is 0 Å². The van der Waals surface area contributed by atoms with Crippen molar-refractivity contribution in [2.24, 2.45) is 5.73 Å². The molecule has 0 bridgehead atoms. The molecule has 7 heteroatoms. The number of benzene rings is 2. The molecule has 2 amide bonds. The number of nitrogens with zero attached hydrogens (tertiary/aromatic N) is 1. The Morgan fingerprint density at radius 3 is 2.08 bits per heavy atom. The lowest BCUT2D eigenvalue weighted by atomic mass is 9.94. The first-order valence-corrected chi connectivity index (χ1v) is 7.85. The molecule has 0 fully saturated rings. The van der Waals surface area contributed by atoms with Gasteiger partial charge in [0.1, 0.15) is 17.5 Å². The van der Waals surface area contributed by atoms with Crippen molar-refractivity contribution < 1.29 is 23.6 Å². The first-order chi connectivity index (χ1) is 12.6. The van der Waals surface area contributed by atoms with Crippen molar-refractivity contribution in [1.82, 2.24) is 5.06 Å². The van der Waals surface area contributed by atoms with Gasteiger partial charge in [0.2, 0.25) is 5.76 Å². The maximum Gasteiger partial charge on any atom is 0.398 e. The topological polar surface area (TPSA) is 95.0 Å². The molecule has 130 valence electrons. The normalized spacial score (nSPS) is 12.5. The predicted molar refractivity (Wildman–Crippen MR) is 90.3 cm³/mol. The number of ether oxygens (including phenoxy) is 1. The Morgan fingerprint density at radius 1 is 0.923 bits per heavy atom. The van der Waals surface area contributed by atoms with Gasteiger partial charge in [0.05, 0.1) is 6.26 Å². The molecular weight excluding hydrogens is 336 g/mol. The van der Waals surface area contributed by atoms with Crippen LogP contribution >= 0.6 is 0 Å². The van der Waals surface area contributed by atoms with E-state index in [-0.39, 0.29) is 5.76 Å². The van der Waals surface area contributed by atoms with E-state index in [1.165, 1.54) is 12.3 Å². The summed E-state index contributed by atoms with van der Waals surface area (Å²) in [5, 5.41) is 0.838. The Kier molecular flexibility index (Phi) is 3.81. The zero-order valence-corrected chi connectivity index (χ0v) is 13.5. The summed E-state index contributed by atoms with van der Waals surface area (Å²) in [6.45, 7) is 0. The lowest BCUT2D eigenvalue weighted by Gasteiger charge is -2.33. The average molecular weight is 350 g/mol. The second-order valence-corrected chi connectivity index (χ2v) is 5.60. The number of urea groups is 1. The van der Waals surface area contributed by atoms with E-state index in [0.29, 0.717) is 22.6 Å². The van der Waals surface area contributed by atoms with Gasteiger partial charge in [-0.05, 0) is 24.3 Å². The van der Waals surface area contributed by atoms with Crippen LogP contribution in [-0.4, -0.2) is 17.1 Å². The Labute approximate surface area is 148 Å². The van der Waals surface area contributed by atoms with Gasteiger partial charge in [-0.2, -0.15) is 0 Å². The van der Waals surface area contributed by atoms with Crippen LogP contribution in [0.2, 0.25) is 0 Å². The van der Waals surface area contributed by atoms with Gasteiger partial charge in [-0.1, -0.05) is 36.4 Å². The monoisotopic (exact) mass is 350 g/mol. The molecule has 0 spiro atoms. The fourth-order valence-electron chi connectivity index (χ4n) is 2.89. The molecule has 4 rings (SSSR count). The number of amides is 2. The van der Waals surface area contributed by atoms with Crippen molar-refractivity contribution in [1.29, 1.82) is 0 Å². The molecule has 0 aliphatic carbocycles. The van der Waals surface area contributed by atoms with Crippen molar-refractivity contribution in [2.75, 3.05) is 0 Å². The molecule has 1 aromatic heterocycles. The first kappa shape index (κ1) is 15.8. The van der Waals surface area contributed by atoms with Crippen LogP contribution in [0.4, 0.5) is 4.79 Å². The van der Waals surface area contributed by atoms with Crippen LogP contribution in [0.15, 0.2) is 71.3 Å². The summed E-state index contributed by atoms with van der Waals surface area (Å²) < 4.78 is 10.9. The van der Waals surface area contributed by atoms with Crippen molar-refractivity contribution in [3.8, 4) is 11.5 Å². The van der Waals surface area contributed by atoms with Gasteiger partial charge in [-0.25, -0.2) is 9.59 Å². The summed E-state index contributed by atoms with van der Waals surface area (Å²) in [7, 11) is 0. The lowest BCUT2D eigenvalue weighted by Crippen LogP contribution is -2.41. The molecule has 0 saturated carbocycles. The van der Waals surface area contributed by atoms with Gasteiger partial charge in [-0.3, -0.25) is 0 Å². The standard InChI is InChI=1S/C19H14N2O5/c20-19(23)21(26-18(22)16-10-5-11-24-16)17-12-6-1-3-8-14(12)25-15-9-4-2-7-13(15)17/h1-11,17H,(H2,20,23). The Balaban J connectivity index is 1.78. The Hall–Kier alpha value is -3.74. The number of primary amides is 1. The Bertz CT molecular complexity index is 922. The van der Waals surface area contributed by atoms with Crippen LogP contribution in [0.25, 0.3) is 0 Å². The number of hydrogen-bond donors (Lipinski definition) is 1. The highest BCUT2D eigenvalue weighted by Gasteiger charge is 2.36. The van der Waals surface area contributed by atoms with Gasteiger partial charge in [-0.15, -0.1) is 5.06 Å². The molecule has 1 aliphatic heterocycles. The summed E-state index contributed by atoms with van der Waals surface area (Å²) in [5.74, 6) is 0.244. The molecule has 7 nitrogen and oxygen atoms in total. The van der Waals surface area contributed by atoms with Crippen molar-refractivity contribution >= 4 is 12.0 Å². The smallest absolute Gasteiger partial charge is 0.398 e. The maximum atomic E-state index is 12.3. The van der Waals surface area contributed by atoms with Crippen molar-refractivity contribution in [3.05, 3.63) is 83.8 Å². The fourth-order valence-corrected chi connectivity index (χ4v) is 2.89. The van der Waals surface area contributed by atoms with Gasteiger partial charge in [0, 0.05) is 11.1 Å². The molecule has 0 unspecified atom stereocenters. The van der Waals surface area contributed by atoms with E-state index in [0.717, 1.165) is 5.06 Å². The zero-order valence-electron chi connectivity index (χ0n) is 13.5. The molecule has 2 aromatic carbocycles. The van der Waals surface area contributed by atoms with Crippen LogP contribution in [0.3, 0.4) is 0 Å².